The van der Waals surface area contributed by atoms with Gasteiger partial charge < -0.3 is 0 Å². The van der Waals surface area contributed by atoms with Gasteiger partial charge in [-0.05, 0) is 25.0 Å². The summed E-state index contributed by atoms with van der Waals surface area (Å²) in [6, 6.07) is 0. The van der Waals surface area contributed by atoms with Crippen molar-refractivity contribution < 1.29 is 4.79 Å². The first-order chi connectivity index (χ1) is 6.13. The van der Waals surface area contributed by atoms with Crippen LogP contribution in [0.4, 0.5) is 0 Å². The Morgan fingerprint density at radius 2 is 2.38 bits per heavy atom. The number of rotatable bonds is 4. The highest BCUT2D eigenvalue weighted by Gasteiger charge is 2.05. The molecule has 0 fully saturated rings. The summed E-state index contributed by atoms with van der Waals surface area (Å²) in [6.45, 7) is 8.18. The molecule has 0 N–H and O–H groups in total. The average Bonchev–Trinajstić information content (AvgIpc) is 2.52. The molecular formula is C10H14N2O. The van der Waals surface area contributed by atoms with Crippen LogP contribution in [0.5, 0.6) is 0 Å². The topological polar surface area (TPSA) is 34.9 Å². The lowest BCUT2D eigenvalue weighted by atomic mass is 10.1. The number of allylic oxidation sites excluding steroid dienone is 1. The van der Waals surface area contributed by atoms with E-state index in [0.29, 0.717) is 12.0 Å². The Bertz CT molecular complexity index is 325. The Morgan fingerprint density at radius 1 is 1.69 bits per heavy atom. The summed E-state index contributed by atoms with van der Waals surface area (Å²) in [5.74, 6) is 0.0793. The van der Waals surface area contributed by atoms with Crippen LogP contribution in [0.25, 0.3) is 0 Å². The van der Waals surface area contributed by atoms with Crippen LogP contribution in [0.1, 0.15) is 19.4 Å². The SMILES string of the molecule is C=C(C)C(=O)Cc1cnn(CC)c1. The summed E-state index contributed by atoms with van der Waals surface area (Å²) in [5.41, 5.74) is 1.55. The van der Waals surface area contributed by atoms with E-state index in [-0.39, 0.29) is 5.78 Å². The summed E-state index contributed by atoms with van der Waals surface area (Å²) in [4.78, 5) is 11.3. The van der Waals surface area contributed by atoms with E-state index in [2.05, 4.69) is 11.7 Å². The number of aromatic nitrogens is 2. The zero-order chi connectivity index (χ0) is 9.84. The number of carbonyl (C=O) groups excluding carboxylic acids is 1. The third kappa shape index (κ3) is 2.54. The predicted octanol–water partition coefficient (Wildman–Crippen LogP) is 1.59. The Hall–Kier alpha value is -1.38. The van der Waals surface area contributed by atoms with Crippen molar-refractivity contribution in [1.82, 2.24) is 9.78 Å². The second kappa shape index (κ2) is 4.03. The van der Waals surface area contributed by atoms with Crippen molar-refractivity contribution in [2.75, 3.05) is 0 Å². The predicted molar refractivity (Wildman–Crippen MR) is 51.4 cm³/mol. The molecule has 0 atom stereocenters. The zero-order valence-corrected chi connectivity index (χ0v) is 8.08. The minimum absolute atomic E-state index is 0.0793. The maximum Gasteiger partial charge on any atom is 0.162 e. The quantitative estimate of drug-likeness (QED) is 0.656. The van der Waals surface area contributed by atoms with E-state index in [1.807, 2.05) is 13.1 Å². The van der Waals surface area contributed by atoms with Crippen LogP contribution in [0.15, 0.2) is 24.5 Å². The molecule has 0 saturated carbocycles. The number of aryl methyl sites for hydroxylation is 1. The van der Waals surface area contributed by atoms with Crippen molar-refractivity contribution in [2.45, 2.75) is 26.8 Å². The van der Waals surface area contributed by atoms with E-state index >= 15 is 0 Å². The van der Waals surface area contributed by atoms with E-state index in [1.165, 1.54) is 0 Å². The molecule has 0 aliphatic carbocycles. The fourth-order valence-electron chi connectivity index (χ4n) is 1.01. The first kappa shape index (κ1) is 9.71. The van der Waals surface area contributed by atoms with Gasteiger partial charge in [-0.1, -0.05) is 6.58 Å². The van der Waals surface area contributed by atoms with Crippen molar-refractivity contribution in [3.63, 3.8) is 0 Å². The van der Waals surface area contributed by atoms with Gasteiger partial charge in [0.1, 0.15) is 0 Å². The molecule has 0 aliphatic rings. The van der Waals surface area contributed by atoms with Gasteiger partial charge in [-0.15, -0.1) is 0 Å². The van der Waals surface area contributed by atoms with Crippen LogP contribution >= 0.6 is 0 Å². The van der Waals surface area contributed by atoms with Crippen LogP contribution in [0, 0.1) is 0 Å². The molecule has 0 aromatic carbocycles. The number of Topliss-reactive ketones (excluding diaryl/α,β-unsaturated/α-hetero) is 1. The zero-order valence-electron chi connectivity index (χ0n) is 8.08. The maximum atomic E-state index is 11.3. The van der Waals surface area contributed by atoms with Gasteiger partial charge in [0.15, 0.2) is 5.78 Å². The van der Waals surface area contributed by atoms with Crippen LogP contribution in [-0.2, 0) is 17.8 Å². The first-order valence-electron chi connectivity index (χ1n) is 4.33. The highest BCUT2D eigenvalue weighted by molar-refractivity contribution is 5.95. The molecule has 3 nitrogen and oxygen atoms in total. The van der Waals surface area contributed by atoms with Crippen LogP contribution < -0.4 is 0 Å². The van der Waals surface area contributed by atoms with Gasteiger partial charge in [0.25, 0.3) is 0 Å². The summed E-state index contributed by atoms with van der Waals surface area (Å²) >= 11 is 0. The number of carbonyl (C=O) groups is 1. The van der Waals surface area contributed by atoms with Gasteiger partial charge in [-0.3, -0.25) is 9.48 Å². The lowest BCUT2D eigenvalue weighted by Crippen LogP contribution is -2.02. The fourth-order valence-corrected chi connectivity index (χ4v) is 1.01. The van der Waals surface area contributed by atoms with Crippen molar-refractivity contribution in [3.8, 4) is 0 Å². The van der Waals surface area contributed by atoms with Crippen LogP contribution in [-0.4, -0.2) is 15.6 Å². The molecule has 0 spiro atoms. The summed E-state index contributed by atoms with van der Waals surface area (Å²) in [6.07, 6.45) is 4.03. The Kier molecular flexibility index (Phi) is 3.01. The van der Waals surface area contributed by atoms with Crippen LogP contribution in [0.2, 0.25) is 0 Å². The molecule has 0 aliphatic heterocycles. The molecule has 0 radical (unpaired) electrons. The minimum atomic E-state index is 0.0793. The van der Waals surface area contributed by atoms with Gasteiger partial charge >= 0.3 is 0 Å². The molecule has 1 aromatic heterocycles. The van der Waals surface area contributed by atoms with Crippen LogP contribution in [0.3, 0.4) is 0 Å². The van der Waals surface area contributed by atoms with Crippen molar-refractivity contribution in [2.24, 2.45) is 0 Å². The second-order valence-electron chi connectivity index (χ2n) is 3.08. The Labute approximate surface area is 78.1 Å². The highest BCUT2D eigenvalue weighted by atomic mass is 16.1. The molecule has 1 heterocycles. The van der Waals surface area contributed by atoms with E-state index in [1.54, 1.807) is 17.8 Å². The number of nitrogens with zero attached hydrogens (tertiary/aromatic N) is 2. The van der Waals surface area contributed by atoms with Gasteiger partial charge in [0.05, 0.1) is 6.20 Å². The smallest absolute Gasteiger partial charge is 0.162 e. The first-order valence-corrected chi connectivity index (χ1v) is 4.33. The summed E-state index contributed by atoms with van der Waals surface area (Å²) < 4.78 is 1.81. The molecule has 0 unspecified atom stereocenters. The molecule has 1 rings (SSSR count). The third-order valence-electron chi connectivity index (χ3n) is 1.85. The third-order valence-corrected chi connectivity index (χ3v) is 1.85. The second-order valence-corrected chi connectivity index (χ2v) is 3.08. The molecule has 3 heteroatoms. The average molecular weight is 178 g/mol. The van der Waals surface area contributed by atoms with Crippen molar-refractivity contribution in [3.05, 3.63) is 30.1 Å². The molecule has 0 saturated heterocycles. The summed E-state index contributed by atoms with van der Waals surface area (Å²) in [5, 5.41) is 4.08. The van der Waals surface area contributed by atoms with Gasteiger partial charge in [0, 0.05) is 19.2 Å². The van der Waals surface area contributed by atoms with Crippen molar-refractivity contribution in [1.29, 1.82) is 0 Å². The molecule has 13 heavy (non-hydrogen) atoms. The largest absolute Gasteiger partial charge is 0.294 e. The van der Waals surface area contributed by atoms with E-state index in [9.17, 15) is 4.79 Å². The molecular weight excluding hydrogens is 164 g/mol. The summed E-state index contributed by atoms with van der Waals surface area (Å²) in [7, 11) is 0. The number of hydrogen-bond acceptors (Lipinski definition) is 2. The number of ketones is 1. The lowest BCUT2D eigenvalue weighted by molar-refractivity contribution is -0.114. The normalized spacial score (nSPS) is 10.0. The lowest BCUT2D eigenvalue weighted by Gasteiger charge is -1.95. The molecule has 0 bridgehead atoms. The van der Waals surface area contributed by atoms with E-state index in [4.69, 9.17) is 0 Å². The van der Waals surface area contributed by atoms with Gasteiger partial charge in [-0.2, -0.15) is 5.10 Å². The monoisotopic (exact) mass is 178 g/mol. The fraction of sp³-hybridized carbons (Fsp3) is 0.400. The standard InChI is InChI=1S/C10H14N2O/c1-4-12-7-9(6-11-12)5-10(13)8(2)3/h6-7H,2,4-5H2,1,3H3. The van der Waals surface area contributed by atoms with E-state index < -0.39 is 0 Å². The number of hydrogen-bond donors (Lipinski definition) is 0. The van der Waals surface area contributed by atoms with E-state index in [0.717, 1.165) is 12.1 Å². The maximum absolute atomic E-state index is 11.3. The minimum Gasteiger partial charge on any atom is -0.294 e. The molecule has 1 aromatic rings. The molecule has 0 amide bonds. The molecule has 70 valence electrons. The van der Waals surface area contributed by atoms with Crippen molar-refractivity contribution >= 4 is 5.78 Å². The van der Waals surface area contributed by atoms with Gasteiger partial charge in [-0.25, -0.2) is 0 Å². The Morgan fingerprint density at radius 3 is 2.85 bits per heavy atom. The van der Waals surface area contributed by atoms with Gasteiger partial charge in [0.2, 0.25) is 0 Å². The highest BCUT2D eigenvalue weighted by Crippen LogP contribution is 2.03. The Balaban J connectivity index is 2.64.